The highest BCUT2D eigenvalue weighted by Gasteiger charge is 2.32. The number of hydrogen-bond donors (Lipinski definition) is 2. The molecule has 0 aromatic heterocycles. The monoisotopic (exact) mass is 299 g/mol. The van der Waals surface area contributed by atoms with E-state index in [-0.39, 0.29) is 5.92 Å². The van der Waals surface area contributed by atoms with Gasteiger partial charge < -0.3 is 0 Å². The normalized spacial score (nSPS) is 19.9. The molecule has 0 spiro atoms. The van der Waals surface area contributed by atoms with Gasteiger partial charge in [0.2, 0.25) is 0 Å². The minimum absolute atomic E-state index is 0.138. The molecule has 19 heavy (non-hydrogen) atoms. The molecule has 1 fully saturated rings. The molecule has 1 saturated carbocycles. The second-order valence-corrected chi connectivity index (χ2v) is 6.09. The summed E-state index contributed by atoms with van der Waals surface area (Å²) in [6, 6.07) is 0.833. The molecule has 1 aliphatic rings. The van der Waals surface area contributed by atoms with Gasteiger partial charge in [0, 0.05) is 0 Å². The zero-order valence-electron chi connectivity index (χ0n) is 10.2. The second-order valence-electron chi connectivity index (χ2n) is 4.56. The standard InChI is InChI=1S/C10H16F3N3O2S/c11-10(12,13)7-15-19(17,18)16-9(6-14)8-4-2-1-3-5-8/h8-9,15-16H,1-5,7H2. The first-order valence-corrected chi connectivity index (χ1v) is 7.45. The molecular weight excluding hydrogens is 283 g/mol. The van der Waals surface area contributed by atoms with Crippen LogP contribution in [0.5, 0.6) is 0 Å². The predicted octanol–water partition coefficient (Wildman–Crippen LogP) is 1.45. The lowest BCUT2D eigenvalue weighted by Crippen LogP contribution is -2.47. The fraction of sp³-hybridized carbons (Fsp3) is 0.900. The zero-order chi connectivity index (χ0) is 14.5. The van der Waals surface area contributed by atoms with Crippen LogP contribution in [0, 0.1) is 17.2 Å². The van der Waals surface area contributed by atoms with Gasteiger partial charge in [-0.25, -0.2) is 0 Å². The molecule has 0 amide bonds. The molecule has 0 saturated heterocycles. The Morgan fingerprint density at radius 3 is 2.32 bits per heavy atom. The van der Waals surface area contributed by atoms with Crippen molar-refractivity contribution in [2.75, 3.05) is 6.54 Å². The highest BCUT2D eigenvalue weighted by Crippen LogP contribution is 2.26. The Kier molecular flexibility index (Phi) is 5.58. The van der Waals surface area contributed by atoms with Gasteiger partial charge in [-0.1, -0.05) is 19.3 Å². The van der Waals surface area contributed by atoms with Gasteiger partial charge in [0.15, 0.2) is 0 Å². The van der Waals surface area contributed by atoms with Gasteiger partial charge in [-0.2, -0.15) is 36.3 Å². The van der Waals surface area contributed by atoms with Gasteiger partial charge in [-0.05, 0) is 18.8 Å². The summed E-state index contributed by atoms with van der Waals surface area (Å²) in [5, 5.41) is 8.94. The van der Waals surface area contributed by atoms with E-state index in [0.29, 0.717) is 12.8 Å². The first-order valence-electron chi connectivity index (χ1n) is 5.97. The molecule has 0 heterocycles. The van der Waals surface area contributed by atoms with E-state index < -0.39 is 29.0 Å². The fourth-order valence-electron chi connectivity index (χ4n) is 2.08. The first kappa shape index (κ1) is 16.2. The van der Waals surface area contributed by atoms with Gasteiger partial charge in [0.1, 0.15) is 12.6 Å². The third-order valence-electron chi connectivity index (χ3n) is 3.01. The summed E-state index contributed by atoms with van der Waals surface area (Å²) in [5.41, 5.74) is 0. The zero-order valence-corrected chi connectivity index (χ0v) is 11.0. The largest absolute Gasteiger partial charge is 0.402 e. The molecule has 9 heteroatoms. The van der Waals surface area contributed by atoms with Crippen molar-refractivity contribution in [1.29, 1.82) is 5.26 Å². The summed E-state index contributed by atoms with van der Waals surface area (Å²) >= 11 is 0. The smallest absolute Gasteiger partial charge is 0.197 e. The van der Waals surface area contributed by atoms with Crippen LogP contribution in [0.2, 0.25) is 0 Å². The fourth-order valence-corrected chi connectivity index (χ4v) is 3.10. The van der Waals surface area contributed by atoms with Crippen LogP contribution in [-0.2, 0) is 10.2 Å². The summed E-state index contributed by atoms with van der Waals surface area (Å²) in [5.74, 6) is -0.138. The number of halogens is 3. The molecule has 0 aromatic carbocycles. The van der Waals surface area contributed by atoms with Crippen molar-refractivity contribution >= 4 is 10.2 Å². The Hall–Kier alpha value is -0.850. The Morgan fingerprint density at radius 1 is 1.26 bits per heavy atom. The molecule has 2 N–H and O–H groups in total. The van der Waals surface area contributed by atoms with Gasteiger partial charge in [-0.15, -0.1) is 0 Å². The molecule has 0 aliphatic heterocycles. The number of hydrogen-bond acceptors (Lipinski definition) is 3. The topological polar surface area (TPSA) is 82.0 Å². The van der Waals surface area contributed by atoms with E-state index in [1.807, 2.05) is 10.8 Å². The maximum absolute atomic E-state index is 11.9. The van der Waals surface area contributed by atoms with Crippen LogP contribution in [-0.4, -0.2) is 27.2 Å². The number of nitrogens with one attached hydrogen (secondary N) is 2. The van der Waals surface area contributed by atoms with Crippen LogP contribution in [0.4, 0.5) is 13.2 Å². The average Bonchev–Trinajstić information content (AvgIpc) is 2.34. The molecule has 5 nitrogen and oxygen atoms in total. The van der Waals surface area contributed by atoms with Crippen LogP contribution < -0.4 is 9.44 Å². The van der Waals surface area contributed by atoms with Crippen molar-refractivity contribution < 1.29 is 21.6 Å². The van der Waals surface area contributed by atoms with E-state index in [1.54, 1.807) is 0 Å². The minimum Gasteiger partial charge on any atom is -0.197 e. The van der Waals surface area contributed by atoms with E-state index in [4.69, 9.17) is 5.26 Å². The van der Waals surface area contributed by atoms with Crippen molar-refractivity contribution in [1.82, 2.24) is 9.44 Å². The molecule has 1 atom stereocenters. The van der Waals surface area contributed by atoms with E-state index >= 15 is 0 Å². The Bertz CT molecular complexity index is 424. The van der Waals surface area contributed by atoms with Gasteiger partial charge in [0.25, 0.3) is 10.2 Å². The maximum atomic E-state index is 11.9. The third-order valence-corrected chi connectivity index (χ3v) is 4.09. The number of alkyl halides is 3. The Morgan fingerprint density at radius 2 is 1.84 bits per heavy atom. The molecule has 1 aliphatic carbocycles. The number of nitrogens with zero attached hydrogens (tertiary/aromatic N) is 1. The Labute approximate surface area is 110 Å². The molecule has 1 rings (SSSR count). The van der Waals surface area contributed by atoms with Crippen LogP contribution in [0.1, 0.15) is 32.1 Å². The maximum Gasteiger partial charge on any atom is 0.402 e. The van der Waals surface area contributed by atoms with Crippen LogP contribution in [0.3, 0.4) is 0 Å². The summed E-state index contributed by atoms with van der Waals surface area (Å²) in [7, 11) is -4.32. The first-order chi connectivity index (χ1) is 8.73. The summed E-state index contributed by atoms with van der Waals surface area (Å²) in [6.07, 6.45) is -0.364. The highest BCUT2D eigenvalue weighted by molar-refractivity contribution is 7.87. The molecule has 0 bridgehead atoms. The highest BCUT2D eigenvalue weighted by atomic mass is 32.2. The van der Waals surface area contributed by atoms with Crippen molar-refractivity contribution in [3.8, 4) is 6.07 Å². The Balaban J connectivity index is 2.56. The molecular formula is C10H16F3N3O2S. The summed E-state index contributed by atoms with van der Waals surface area (Å²) < 4.78 is 62.0. The van der Waals surface area contributed by atoms with Crippen molar-refractivity contribution in [3.63, 3.8) is 0 Å². The lowest BCUT2D eigenvalue weighted by Gasteiger charge is -2.26. The van der Waals surface area contributed by atoms with Gasteiger partial charge >= 0.3 is 6.18 Å². The molecule has 110 valence electrons. The van der Waals surface area contributed by atoms with Crippen LogP contribution in [0.15, 0.2) is 0 Å². The summed E-state index contributed by atoms with van der Waals surface area (Å²) in [6.45, 7) is -1.65. The molecule has 1 unspecified atom stereocenters. The van der Waals surface area contributed by atoms with E-state index in [0.717, 1.165) is 19.3 Å². The lowest BCUT2D eigenvalue weighted by atomic mass is 9.85. The average molecular weight is 299 g/mol. The van der Waals surface area contributed by atoms with Gasteiger partial charge in [-0.3, -0.25) is 0 Å². The van der Waals surface area contributed by atoms with Crippen LogP contribution in [0.25, 0.3) is 0 Å². The minimum atomic E-state index is -4.62. The number of rotatable bonds is 5. The SMILES string of the molecule is N#CC(NS(=O)(=O)NCC(F)(F)F)C1CCCCC1. The van der Waals surface area contributed by atoms with Crippen molar-refractivity contribution in [2.45, 2.75) is 44.3 Å². The molecule has 0 aromatic rings. The van der Waals surface area contributed by atoms with Crippen molar-refractivity contribution in [2.24, 2.45) is 5.92 Å². The van der Waals surface area contributed by atoms with E-state index in [2.05, 4.69) is 0 Å². The lowest BCUT2D eigenvalue weighted by molar-refractivity contribution is -0.121. The van der Waals surface area contributed by atoms with Crippen molar-refractivity contribution in [3.05, 3.63) is 0 Å². The van der Waals surface area contributed by atoms with Crippen LogP contribution >= 0.6 is 0 Å². The van der Waals surface area contributed by atoms with E-state index in [1.165, 1.54) is 4.72 Å². The second kappa shape index (κ2) is 6.54. The van der Waals surface area contributed by atoms with E-state index in [9.17, 15) is 21.6 Å². The van der Waals surface area contributed by atoms with Gasteiger partial charge in [0.05, 0.1) is 6.07 Å². The summed E-state index contributed by atoms with van der Waals surface area (Å²) in [4.78, 5) is 0. The molecule has 0 radical (unpaired) electrons. The predicted molar refractivity (Wildman–Crippen MR) is 62.1 cm³/mol. The third kappa shape index (κ3) is 6.22. The quantitative estimate of drug-likeness (QED) is 0.806. The number of nitriles is 1.